The molecule has 0 bridgehead atoms. The Bertz CT molecular complexity index is 62.1. The molecule has 0 spiro atoms. The average molecular weight is 116 g/mol. The molecule has 0 amide bonds. The molecular weight excluding hydrogens is 106 g/mol. The van der Waals surface area contributed by atoms with Crippen molar-refractivity contribution in [1.29, 1.82) is 0 Å². The number of nitrogens with zero attached hydrogens (tertiary/aromatic N) is 4. The minimum absolute atomic E-state index is 1.50. The summed E-state index contributed by atoms with van der Waals surface area (Å²) in [4.78, 5) is 1.50. The van der Waals surface area contributed by atoms with Crippen molar-refractivity contribution in [3.8, 4) is 0 Å². The fourth-order valence-electron chi connectivity index (χ4n) is 0. The van der Waals surface area contributed by atoms with E-state index in [0.29, 0.717) is 0 Å². The standard InChI is InChI=1S/C3H10N2.N3/c1-4-5(2)3;1-3-2/h4H,1-3H3;/q;-1. The van der Waals surface area contributed by atoms with Gasteiger partial charge in [0.2, 0.25) is 0 Å². The molecule has 0 unspecified atom stereocenters. The molecule has 0 atom stereocenters. The van der Waals surface area contributed by atoms with Gasteiger partial charge in [-0.2, -0.15) is 0 Å². The topological polar surface area (TPSA) is 74.0 Å². The molecule has 48 valence electrons. The van der Waals surface area contributed by atoms with Gasteiger partial charge < -0.3 is 11.1 Å². The Hall–Kier alpha value is -0.770. The molecule has 5 heteroatoms. The maximum atomic E-state index is 6.75. The molecule has 0 saturated carbocycles. The lowest BCUT2D eigenvalue weighted by Crippen LogP contribution is -2.25. The van der Waals surface area contributed by atoms with Crippen molar-refractivity contribution in [2.75, 3.05) is 21.1 Å². The van der Waals surface area contributed by atoms with E-state index in [1.54, 1.807) is 0 Å². The van der Waals surface area contributed by atoms with Gasteiger partial charge in [-0.05, 0) is 7.05 Å². The van der Waals surface area contributed by atoms with Gasteiger partial charge in [-0.1, -0.05) is 0 Å². The molecule has 0 aromatic rings. The monoisotopic (exact) mass is 116 g/mol. The summed E-state index contributed by atoms with van der Waals surface area (Å²) >= 11 is 0. The Balaban J connectivity index is 0. The Morgan fingerprint density at radius 3 is 1.50 bits per heavy atom. The van der Waals surface area contributed by atoms with Crippen LogP contribution in [0.1, 0.15) is 0 Å². The summed E-state index contributed by atoms with van der Waals surface area (Å²) in [6, 6.07) is 0. The third-order valence-corrected chi connectivity index (χ3v) is 0.447. The second kappa shape index (κ2) is 9.52. The second-order valence-corrected chi connectivity index (χ2v) is 1.21. The number of rotatable bonds is 1. The van der Waals surface area contributed by atoms with Crippen LogP contribution in [0.2, 0.25) is 0 Å². The highest BCUT2D eigenvalue weighted by molar-refractivity contribution is 4.36. The number of hydrogen-bond donors (Lipinski definition) is 1. The van der Waals surface area contributed by atoms with E-state index >= 15 is 0 Å². The van der Waals surface area contributed by atoms with E-state index in [-0.39, 0.29) is 0 Å². The first-order chi connectivity index (χ1) is 3.68. The van der Waals surface area contributed by atoms with E-state index < -0.39 is 0 Å². The number of hydrogen-bond acceptors (Lipinski definition) is 2. The largest absolute Gasteiger partial charge is 0.373 e. The van der Waals surface area contributed by atoms with E-state index in [0.717, 1.165) is 0 Å². The molecule has 0 saturated heterocycles. The molecule has 5 nitrogen and oxygen atoms in total. The first kappa shape index (κ1) is 10.3. The lowest BCUT2D eigenvalue weighted by atomic mass is 11.1. The zero-order valence-corrected chi connectivity index (χ0v) is 5.29. The molecule has 0 aliphatic heterocycles. The summed E-state index contributed by atoms with van der Waals surface area (Å²) in [6.45, 7) is 0. The first-order valence-electron chi connectivity index (χ1n) is 2.02. The Labute approximate surface area is 48.7 Å². The van der Waals surface area contributed by atoms with E-state index in [4.69, 9.17) is 11.1 Å². The highest BCUT2D eigenvalue weighted by atomic mass is 15.5. The summed E-state index contributed by atoms with van der Waals surface area (Å²) in [5, 5.41) is 1.88. The smallest absolute Gasteiger partial charge is 0.00128 e. The van der Waals surface area contributed by atoms with Crippen LogP contribution < -0.4 is 5.43 Å². The van der Waals surface area contributed by atoms with Gasteiger partial charge in [-0.25, -0.2) is 0 Å². The lowest BCUT2D eigenvalue weighted by Gasteiger charge is -2.02. The molecule has 0 aromatic heterocycles. The Morgan fingerprint density at radius 2 is 1.50 bits per heavy atom. The summed E-state index contributed by atoms with van der Waals surface area (Å²) < 4.78 is 0. The van der Waals surface area contributed by atoms with E-state index in [9.17, 15) is 0 Å². The van der Waals surface area contributed by atoms with Crippen LogP contribution in [0.5, 0.6) is 0 Å². The van der Waals surface area contributed by atoms with Gasteiger partial charge in [0.15, 0.2) is 0 Å². The predicted octanol–water partition coefficient (Wildman–Crippen LogP) is 0.548. The third kappa shape index (κ3) is 61.9. The zero-order chi connectivity index (χ0) is 6.99. The summed E-state index contributed by atoms with van der Waals surface area (Å²) in [5.74, 6) is 0. The van der Waals surface area contributed by atoms with Gasteiger partial charge in [-0.3, -0.25) is 15.3 Å². The quantitative estimate of drug-likeness (QED) is 0.235. The Kier molecular flexibility index (Phi) is 12.2. The van der Waals surface area contributed by atoms with Gasteiger partial charge in [0.25, 0.3) is 0 Å². The van der Waals surface area contributed by atoms with Gasteiger partial charge in [-0.15, -0.1) is 0 Å². The summed E-state index contributed by atoms with van der Waals surface area (Å²) in [5.41, 5.74) is 16.4. The van der Waals surface area contributed by atoms with Gasteiger partial charge in [0.05, 0.1) is 0 Å². The highest BCUT2D eigenvalue weighted by Gasteiger charge is 1.68. The molecule has 0 fully saturated rings. The Morgan fingerprint density at radius 1 is 1.38 bits per heavy atom. The van der Waals surface area contributed by atoms with E-state index in [1.807, 2.05) is 26.2 Å². The number of hydrazine groups is 1. The van der Waals surface area contributed by atoms with Crippen LogP contribution >= 0.6 is 0 Å². The average Bonchev–Trinajstić information content (AvgIpc) is 1.69. The molecule has 0 radical (unpaired) electrons. The van der Waals surface area contributed by atoms with Crippen molar-refractivity contribution in [3.63, 3.8) is 0 Å². The van der Waals surface area contributed by atoms with E-state index in [1.165, 1.54) is 4.91 Å². The zero-order valence-electron chi connectivity index (χ0n) is 5.29. The SMILES string of the molecule is CNN(C)C.[N-]=[N+]=[N-]. The fraction of sp³-hybridized carbons (Fsp3) is 1.00. The van der Waals surface area contributed by atoms with Crippen LogP contribution in [0.3, 0.4) is 0 Å². The minimum atomic E-state index is 1.50. The molecule has 0 heterocycles. The van der Waals surface area contributed by atoms with Crippen molar-refractivity contribution in [3.05, 3.63) is 16.0 Å². The van der Waals surface area contributed by atoms with Crippen LogP contribution in [0, 0.1) is 0 Å². The lowest BCUT2D eigenvalue weighted by molar-refractivity contribution is 0.323. The van der Waals surface area contributed by atoms with E-state index in [2.05, 4.69) is 5.43 Å². The minimum Gasteiger partial charge on any atom is -0.373 e. The molecule has 0 rings (SSSR count). The normalized spacial score (nSPS) is 7.00. The predicted molar refractivity (Wildman–Crippen MR) is 32.8 cm³/mol. The molecule has 1 N–H and O–H groups in total. The van der Waals surface area contributed by atoms with Crippen LogP contribution in [-0.2, 0) is 0 Å². The van der Waals surface area contributed by atoms with Crippen LogP contribution in [0.4, 0.5) is 0 Å². The maximum Gasteiger partial charge on any atom is 0.00128 e. The van der Waals surface area contributed by atoms with Crippen molar-refractivity contribution in [1.82, 2.24) is 10.4 Å². The third-order valence-electron chi connectivity index (χ3n) is 0.447. The molecule has 0 aromatic carbocycles. The number of nitrogens with one attached hydrogen (secondary N) is 1. The first-order valence-corrected chi connectivity index (χ1v) is 2.02. The van der Waals surface area contributed by atoms with Gasteiger partial charge >= 0.3 is 0 Å². The molecule has 8 heavy (non-hydrogen) atoms. The highest BCUT2D eigenvalue weighted by Crippen LogP contribution is 1.49. The van der Waals surface area contributed by atoms with Crippen LogP contribution in [-0.4, -0.2) is 26.2 Å². The molecule has 0 aliphatic carbocycles. The van der Waals surface area contributed by atoms with Crippen molar-refractivity contribution in [2.24, 2.45) is 0 Å². The van der Waals surface area contributed by atoms with Gasteiger partial charge in [0, 0.05) is 14.1 Å². The second-order valence-electron chi connectivity index (χ2n) is 1.21. The van der Waals surface area contributed by atoms with Crippen LogP contribution in [0.25, 0.3) is 16.0 Å². The molecule has 0 aliphatic rings. The van der Waals surface area contributed by atoms with Crippen LogP contribution in [0.15, 0.2) is 0 Å². The summed E-state index contributed by atoms with van der Waals surface area (Å²) in [6.07, 6.45) is 0. The fourth-order valence-corrected chi connectivity index (χ4v) is 0. The van der Waals surface area contributed by atoms with Crippen molar-refractivity contribution < 1.29 is 0 Å². The van der Waals surface area contributed by atoms with Gasteiger partial charge in [0.1, 0.15) is 0 Å². The van der Waals surface area contributed by atoms with Crippen molar-refractivity contribution >= 4 is 0 Å². The molecular formula is C3H10N5-. The maximum absolute atomic E-state index is 6.75. The van der Waals surface area contributed by atoms with Crippen molar-refractivity contribution in [2.45, 2.75) is 0 Å². The summed E-state index contributed by atoms with van der Waals surface area (Å²) in [7, 11) is 5.76.